The number of fused-ring (bicyclic) bond motifs is 1. The molecule has 0 radical (unpaired) electrons. The molecule has 1 unspecified atom stereocenters. The number of aryl methyl sites for hydroxylation is 2. The van der Waals surface area contributed by atoms with E-state index in [4.69, 9.17) is 5.11 Å². The van der Waals surface area contributed by atoms with Crippen LogP contribution in [0.15, 0.2) is 36.4 Å². The molecule has 0 aliphatic rings. The van der Waals surface area contributed by atoms with E-state index >= 15 is 0 Å². The highest BCUT2D eigenvalue weighted by Crippen LogP contribution is 2.27. The molecule has 0 fully saturated rings. The maximum absolute atomic E-state index is 9.93. The molecule has 0 amide bonds. The van der Waals surface area contributed by atoms with Gasteiger partial charge >= 0.3 is 0 Å². The van der Waals surface area contributed by atoms with E-state index < -0.39 is 6.10 Å². The molecule has 0 aliphatic carbocycles. The SMILES string of the molecule is Cn1c(I)c(CCC(O)/C=C/CCO)c2ccccc21. The molecule has 20 heavy (non-hydrogen) atoms. The van der Waals surface area contributed by atoms with Gasteiger partial charge in [-0.25, -0.2) is 0 Å². The van der Waals surface area contributed by atoms with Crippen molar-refractivity contribution in [2.45, 2.75) is 25.4 Å². The van der Waals surface area contributed by atoms with Gasteiger partial charge in [-0.3, -0.25) is 0 Å². The first kappa shape index (κ1) is 15.5. The molecular formula is C16H20INO2. The standard InChI is InChI=1S/C16H20INO2/c1-18-15-8-3-2-7-13(15)14(16(18)17)10-9-12(20)6-4-5-11-19/h2-4,6-8,12,19-20H,5,9-11H2,1H3/b6-4+. The predicted octanol–water partition coefficient (Wildman–Crippen LogP) is 3.02. The van der Waals surface area contributed by atoms with E-state index in [-0.39, 0.29) is 6.61 Å². The second kappa shape index (κ2) is 7.24. The Labute approximate surface area is 133 Å². The number of para-hydroxylation sites is 1. The number of hydrogen-bond donors (Lipinski definition) is 2. The van der Waals surface area contributed by atoms with Crippen molar-refractivity contribution in [1.29, 1.82) is 0 Å². The van der Waals surface area contributed by atoms with Crippen molar-refractivity contribution >= 4 is 33.5 Å². The zero-order valence-electron chi connectivity index (χ0n) is 11.6. The van der Waals surface area contributed by atoms with Gasteiger partial charge in [-0.15, -0.1) is 0 Å². The first-order valence-corrected chi connectivity index (χ1v) is 7.90. The van der Waals surface area contributed by atoms with Gasteiger partial charge in [-0.1, -0.05) is 30.4 Å². The lowest BCUT2D eigenvalue weighted by Crippen LogP contribution is -2.05. The highest BCUT2D eigenvalue weighted by Gasteiger charge is 2.13. The van der Waals surface area contributed by atoms with E-state index in [2.05, 4.69) is 58.5 Å². The van der Waals surface area contributed by atoms with Crippen LogP contribution in [0.1, 0.15) is 18.4 Å². The van der Waals surface area contributed by atoms with Crippen molar-refractivity contribution in [2.75, 3.05) is 6.61 Å². The minimum Gasteiger partial charge on any atom is -0.396 e. The molecule has 0 bridgehead atoms. The van der Waals surface area contributed by atoms with Crippen LogP contribution in [-0.4, -0.2) is 27.5 Å². The molecule has 3 nitrogen and oxygen atoms in total. The summed E-state index contributed by atoms with van der Waals surface area (Å²) >= 11 is 2.37. The van der Waals surface area contributed by atoms with Crippen molar-refractivity contribution in [2.24, 2.45) is 7.05 Å². The molecular weight excluding hydrogens is 365 g/mol. The summed E-state index contributed by atoms with van der Waals surface area (Å²) in [4.78, 5) is 0. The highest BCUT2D eigenvalue weighted by atomic mass is 127. The van der Waals surface area contributed by atoms with E-state index in [1.165, 1.54) is 20.2 Å². The zero-order valence-corrected chi connectivity index (χ0v) is 13.7. The first-order chi connectivity index (χ1) is 9.65. The zero-order chi connectivity index (χ0) is 14.5. The molecule has 1 atom stereocenters. The average Bonchev–Trinajstić information content (AvgIpc) is 2.70. The van der Waals surface area contributed by atoms with Crippen molar-refractivity contribution in [3.63, 3.8) is 0 Å². The predicted molar refractivity (Wildman–Crippen MR) is 90.8 cm³/mol. The minimum atomic E-state index is -0.448. The van der Waals surface area contributed by atoms with E-state index in [9.17, 15) is 5.11 Å². The molecule has 1 heterocycles. The van der Waals surface area contributed by atoms with Crippen LogP contribution in [-0.2, 0) is 13.5 Å². The second-order valence-corrected chi connectivity index (χ2v) is 5.91. The molecule has 0 saturated carbocycles. The van der Waals surface area contributed by atoms with Gasteiger partial charge in [0.05, 0.1) is 9.80 Å². The molecule has 4 heteroatoms. The first-order valence-electron chi connectivity index (χ1n) is 6.82. The van der Waals surface area contributed by atoms with Crippen LogP contribution in [0.25, 0.3) is 10.9 Å². The quantitative estimate of drug-likeness (QED) is 0.593. The molecule has 0 spiro atoms. The number of nitrogens with zero attached hydrogens (tertiary/aromatic N) is 1. The largest absolute Gasteiger partial charge is 0.396 e. The Balaban J connectivity index is 2.12. The highest BCUT2D eigenvalue weighted by molar-refractivity contribution is 14.1. The number of halogens is 1. The van der Waals surface area contributed by atoms with Gasteiger partial charge in [0.15, 0.2) is 0 Å². The van der Waals surface area contributed by atoms with Crippen molar-refractivity contribution in [3.05, 3.63) is 45.7 Å². The van der Waals surface area contributed by atoms with Crippen LogP contribution in [0.2, 0.25) is 0 Å². The monoisotopic (exact) mass is 385 g/mol. The number of benzene rings is 1. The number of aliphatic hydroxyl groups is 2. The third-order valence-corrected chi connectivity index (χ3v) is 4.85. The lowest BCUT2D eigenvalue weighted by atomic mass is 10.1. The molecule has 108 valence electrons. The van der Waals surface area contributed by atoms with Gasteiger partial charge in [-0.2, -0.15) is 0 Å². The fourth-order valence-corrected chi connectivity index (χ4v) is 3.21. The molecule has 0 aliphatic heterocycles. The maximum atomic E-state index is 9.93. The lowest BCUT2D eigenvalue weighted by Gasteiger charge is -2.06. The molecule has 1 aromatic heterocycles. The normalized spacial score (nSPS) is 13.4. The topological polar surface area (TPSA) is 45.4 Å². The number of hydrogen-bond acceptors (Lipinski definition) is 2. The Morgan fingerprint density at radius 3 is 2.85 bits per heavy atom. The van der Waals surface area contributed by atoms with Gasteiger partial charge in [0.1, 0.15) is 0 Å². The van der Waals surface area contributed by atoms with E-state index in [1.807, 2.05) is 6.08 Å². The summed E-state index contributed by atoms with van der Waals surface area (Å²) in [6.07, 6.45) is 5.31. The van der Waals surface area contributed by atoms with Crippen molar-refractivity contribution < 1.29 is 10.2 Å². The average molecular weight is 385 g/mol. The lowest BCUT2D eigenvalue weighted by molar-refractivity contribution is 0.212. The van der Waals surface area contributed by atoms with Gasteiger partial charge in [0, 0.05) is 24.6 Å². The van der Waals surface area contributed by atoms with Crippen LogP contribution < -0.4 is 0 Å². The van der Waals surface area contributed by atoms with Gasteiger partial charge in [0.2, 0.25) is 0 Å². The Kier molecular flexibility index (Phi) is 5.63. The fourth-order valence-electron chi connectivity index (χ4n) is 2.39. The smallest absolute Gasteiger partial charge is 0.0839 e. The van der Waals surface area contributed by atoms with Crippen LogP contribution in [0.4, 0.5) is 0 Å². The number of aliphatic hydroxyl groups excluding tert-OH is 2. The minimum absolute atomic E-state index is 0.129. The third-order valence-electron chi connectivity index (χ3n) is 3.48. The molecule has 1 aromatic carbocycles. The Morgan fingerprint density at radius 1 is 1.35 bits per heavy atom. The Morgan fingerprint density at radius 2 is 2.10 bits per heavy atom. The van der Waals surface area contributed by atoms with Gasteiger partial charge < -0.3 is 14.8 Å². The molecule has 2 rings (SSSR count). The molecule has 2 N–H and O–H groups in total. The number of aromatic nitrogens is 1. The van der Waals surface area contributed by atoms with E-state index in [0.717, 1.165) is 6.42 Å². The Bertz CT molecular complexity index is 604. The van der Waals surface area contributed by atoms with Crippen LogP contribution in [0.5, 0.6) is 0 Å². The summed E-state index contributed by atoms with van der Waals surface area (Å²) in [5, 5.41) is 19.9. The van der Waals surface area contributed by atoms with Crippen LogP contribution in [0.3, 0.4) is 0 Å². The summed E-state index contributed by atoms with van der Waals surface area (Å²) in [5.74, 6) is 0. The summed E-state index contributed by atoms with van der Waals surface area (Å²) in [6, 6.07) is 8.37. The van der Waals surface area contributed by atoms with Crippen LogP contribution in [0, 0.1) is 3.70 Å². The Hall–Kier alpha value is -0.850. The second-order valence-electron chi connectivity index (χ2n) is 4.89. The van der Waals surface area contributed by atoms with Crippen molar-refractivity contribution in [3.8, 4) is 0 Å². The maximum Gasteiger partial charge on any atom is 0.0839 e. The van der Waals surface area contributed by atoms with Crippen LogP contribution >= 0.6 is 22.6 Å². The molecule has 2 aromatic rings. The summed E-state index contributed by atoms with van der Waals surface area (Å²) in [6.45, 7) is 0.129. The molecule has 0 saturated heterocycles. The van der Waals surface area contributed by atoms with Crippen molar-refractivity contribution in [1.82, 2.24) is 4.57 Å². The summed E-state index contributed by atoms with van der Waals surface area (Å²) in [7, 11) is 2.07. The van der Waals surface area contributed by atoms with E-state index in [0.29, 0.717) is 12.8 Å². The summed E-state index contributed by atoms with van der Waals surface area (Å²) in [5.41, 5.74) is 2.54. The van der Waals surface area contributed by atoms with Gasteiger partial charge in [0.25, 0.3) is 0 Å². The number of rotatable bonds is 6. The third kappa shape index (κ3) is 3.42. The fraction of sp³-hybridized carbons (Fsp3) is 0.375. The van der Waals surface area contributed by atoms with E-state index in [1.54, 1.807) is 6.08 Å². The summed E-state index contributed by atoms with van der Waals surface area (Å²) < 4.78 is 3.43. The van der Waals surface area contributed by atoms with Gasteiger partial charge in [-0.05, 0) is 53.5 Å².